The Kier molecular flexibility index (Phi) is 11.1. The van der Waals surface area contributed by atoms with Crippen molar-refractivity contribution in [1.82, 2.24) is 10.2 Å². The lowest BCUT2D eigenvalue weighted by Crippen LogP contribution is -2.53. The molecule has 1 N–H and O–H groups in total. The summed E-state index contributed by atoms with van der Waals surface area (Å²) in [6, 6.07) is 28.6. The average Bonchev–Trinajstić information content (AvgIpc) is 3.02. The Morgan fingerprint density at radius 3 is 2.14 bits per heavy atom. The fourth-order valence-corrected chi connectivity index (χ4v) is 6.40. The van der Waals surface area contributed by atoms with E-state index in [9.17, 15) is 22.4 Å². The van der Waals surface area contributed by atoms with Crippen LogP contribution in [0.2, 0.25) is 0 Å². The van der Waals surface area contributed by atoms with Gasteiger partial charge in [-0.15, -0.1) is 0 Å². The number of nitrogens with one attached hydrogen (secondary N) is 1. The molecule has 224 valence electrons. The van der Waals surface area contributed by atoms with E-state index in [1.54, 1.807) is 54.6 Å². The van der Waals surface area contributed by atoms with Gasteiger partial charge in [0.1, 0.15) is 18.4 Å². The Labute approximate surface area is 260 Å². The van der Waals surface area contributed by atoms with Crippen LogP contribution in [0.3, 0.4) is 0 Å². The summed E-state index contributed by atoms with van der Waals surface area (Å²) in [7, 11) is -4.18. The molecule has 7 nitrogen and oxygen atoms in total. The Hall–Kier alpha value is -4.02. The van der Waals surface area contributed by atoms with Crippen LogP contribution in [0.15, 0.2) is 119 Å². The fourth-order valence-electron chi connectivity index (χ4n) is 4.59. The maximum absolute atomic E-state index is 14.3. The summed E-state index contributed by atoms with van der Waals surface area (Å²) >= 11 is 3.40. The van der Waals surface area contributed by atoms with E-state index in [0.29, 0.717) is 23.0 Å². The van der Waals surface area contributed by atoms with E-state index < -0.39 is 34.3 Å². The van der Waals surface area contributed by atoms with Crippen LogP contribution >= 0.6 is 15.9 Å². The van der Waals surface area contributed by atoms with E-state index in [2.05, 4.69) is 21.2 Å². The number of nitrogens with zero attached hydrogens (tertiary/aromatic N) is 2. The first-order valence-corrected chi connectivity index (χ1v) is 16.1. The zero-order chi connectivity index (χ0) is 30.8. The lowest BCUT2D eigenvalue weighted by Gasteiger charge is -2.34. The highest BCUT2D eigenvalue weighted by molar-refractivity contribution is 9.10. The molecule has 0 bridgehead atoms. The molecule has 4 aromatic carbocycles. The molecule has 0 aliphatic rings. The highest BCUT2D eigenvalue weighted by atomic mass is 79.9. The molecule has 0 fully saturated rings. The lowest BCUT2D eigenvalue weighted by atomic mass is 10.0. The van der Waals surface area contributed by atoms with Gasteiger partial charge in [-0.2, -0.15) is 0 Å². The van der Waals surface area contributed by atoms with E-state index in [0.717, 1.165) is 9.87 Å². The van der Waals surface area contributed by atoms with Crippen molar-refractivity contribution in [2.75, 3.05) is 17.4 Å². The summed E-state index contributed by atoms with van der Waals surface area (Å²) in [6.45, 7) is 1.74. The number of benzene rings is 4. The van der Waals surface area contributed by atoms with E-state index >= 15 is 0 Å². The number of anilines is 1. The van der Waals surface area contributed by atoms with E-state index in [-0.39, 0.29) is 29.5 Å². The van der Waals surface area contributed by atoms with Crippen molar-refractivity contribution in [1.29, 1.82) is 0 Å². The molecule has 0 saturated heterocycles. The Balaban J connectivity index is 1.78. The predicted molar refractivity (Wildman–Crippen MR) is 169 cm³/mol. The predicted octanol–water partition coefficient (Wildman–Crippen LogP) is 5.95. The van der Waals surface area contributed by atoms with Crippen LogP contribution in [-0.4, -0.2) is 44.3 Å². The maximum Gasteiger partial charge on any atom is 0.264 e. The molecule has 0 spiro atoms. The summed E-state index contributed by atoms with van der Waals surface area (Å²) in [5, 5.41) is 2.90. The molecular formula is C33H33BrFN3O4S. The number of halogens is 2. The van der Waals surface area contributed by atoms with Gasteiger partial charge in [-0.25, -0.2) is 12.8 Å². The average molecular weight is 667 g/mol. The quantitative estimate of drug-likeness (QED) is 0.191. The van der Waals surface area contributed by atoms with Gasteiger partial charge in [0.15, 0.2) is 0 Å². The Morgan fingerprint density at radius 1 is 0.860 bits per heavy atom. The second kappa shape index (κ2) is 14.9. The topological polar surface area (TPSA) is 86.8 Å². The van der Waals surface area contributed by atoms with Crippen LogP contribution in [0.25, 0.3) is 0 Å². The minimum atomic E-state index is -4.18. The minimum Gasteiger partial charge on any atom is -0.354 e. The third-order valence-corrected chi connectivity index (χ3v) is 9.07. The van der Waals surface area contributed by atoms with Crippen molar-refractivity contribution in [3.63, 3.8) is 0 Å². The van der Waals surface area contributed by atoms with Gasteiger partial charge in [0.05, 0.1) is 10.6 Å². The molecule has 0 aliphatic heterocycles. The van der Waals surface area contributed by atoms with Gasteiger partial charge < -0.3 is 10.2 Å². The van der Waals surface area contributed by atoms with Gasteiger partial charge in [0.25, 0.3) is 10.0 Å². The summed E-state index contributed by atoms with van der Waals surface area (Å²) in [5.74, 6) is -1.38. The normalized spacial score (nSPS) is 11.9. The van der Waals surface area contributed by atoms with Crippen molar-refractivity contribution >= 4 is 43.5 Å². The van der Waals surface area contributed by atoms with Crippen LogP contribution in [0, 0.1) is 5.82 Å². The number of carbonyl (C=O) groups is 2. The van der Waals surface area contributed by atoms with Crippen LogP contribution < -0.4 is 9.62 Å². The molecule has 43 heavy (non-hydrogen) atoms. The minimum absolute atomic E-state index is 0.0226. The summed E-state index contributed by atoms with van der Waals surface area (Å²) in [5.41, 5.74) is 1.70. The van der Waals surface area contributed by atoms with Crippen LogP contribution in [-0.2, 0) is 32.6 Å². The Morgan fingerprint density at radius 2 is 1.51 bits per heavy atom. The van der Waals surface area contributed by atoms with E-state index in [1.807, 2.05) is 37.3 Å². The third-order valence-electron chi connectivity index (χ3n) is 6.79. The van der Waals surface area contributed by atoms with Gasteiger partial charge in [-0.3, -0.25) is 13.9 Å². The van der Waals surface area contributed by atoms with Crippen LogP contribution in [0.5, 0.6) is 0 Å². The second-order valence-corrected chi connectivity index (χ2v) is 12.7. The number of hydrogen-bond donors (Lipinski definition) is 1. The van der Waals surface area contributed by atoms with Gasteiger partial charge in [-0.1, -0.05) is 89.6 Å². The largest absolute Gasteiger partial charge is 0.354 e. The molecule has 0 unspecified atom stereocenters. The summed E-state index contributed by atoms with van der Waals surface area (Å²) in [6.07, 6.45) is 0.896. The van der Waals surface area contributed by atoms with Crippen LogP contribution in [0.4, 0.5) is 10.1 Å². The lowest BCUT2D eigenvalue weighted by molar-refractivity contribution is -0.140. The number of amides is 2. The van der Waals surface area contributed by atoms with E-state index in [1.165, 1.54) is 29.2 Å². The van der Waals surface area contributed by atoms with Crippen molar-refractivity contribution < 1.29 is 22.4 Å². The molecule has 0 aliphatic carbocycles. The number of rotatable bonds is 13. The molecule has 0 heterocycles. The van der Waals surface area contributed by atoms with Crippen LogP contribution in [0.1, 0.15) is 24.5 Å². The van der Waals surface area contributed by atoms with Crippen molar-refractivity contribution in [3.8, 4) is 0 Å². The van der Waals surface area contributed by atoms with Gasteiger partial charge >= 0.3 is 0 Å². The molecule has 10 heteroatoms. The monoisotopic (exact) mass is 665 g/mol. The molecule has 0 aromatic heterocycles. The maximum atomic E-state index is 14.3. The fraction of sp³-hybridized carbons (Fsp3) is 0.212. The first kappa shape index (κ1) is 31.9. The number of sulfonamides is 1. The van der Waals surface area contributed by atoms with Gasteiger partial charge in [0, 0.05) is 24.0 Å². The zero-order valence-corrected chi connectivity index (χ0v) is 26.1. The molecule has 4 rings (SSSR count). The number of carbonyl (C=O) groups excluding carboxylic acids is 2. The van der Waals surface area contributed by atoms with Gasteiger partial charge in [0.2, 0.25) is 11.8 Å². The molecule has 0 radical (unpaired) electrons. The van der Waals surface area contributed by atoms with Gasteiger partial charge in [-0.05, 0) is 60.0 Å². The molecule has 4 aromatic rings. The Bertz CT molecular complexity index is 1620. The molecule has 1 atom stereocenters. The highest BCUT2D eigenvalue weighted by Crippen LogP contribution is 2.27. The second-order valence-electron chi connectivity index (χ2n) is 9.95. The molecule has 2 amide bonds. The van der Waals surface area contributed by atoms with E-state index in [4.69, 9.17) is 0 Å². The molecule has 0 saturated carbocycles. The summed E-state index contributed by atoms with van der Waals surface area (Å²) < 4.78 is 43.4. The van der Waals surface area contributed by atoms with Crippen molar-refractivity contribution in [2.45, 2.75) is 37.2 Å². The van der Waals surface area contributed by atoms with Crippen molar-refractivity contribution in [3.05, 3.63) is 131 Å². The SMILES string of the molecule is CCCNC(=O)[C@H](Cc1ccccc1)N(Cc1ccc(F)cc1)C(=O)CN(c1cccc(Br)c1)S(=O)(=O)c1ccccc1. The van der Waals surface area contributed by atoms with Crippen molar-refractivity contribution in [2.24, 2.45) is 0 Å². The molecular weight excluding hydrogens is 633 g/mol. The standard InChI is InChI=1S/C33H33BrFN3O4S/c1-2-20-36-33(40)31(21-25-10-5-3-6-11-25)37(23-26-16-18-28(35)19-17-26)32(39)24-38(29-13-9-12-27(34)22-29)43(41,42)30-14-7-4-8-15-30/h3-19,22,31H,2,20-21,23-24H2,1H3,(H,36,40)/t31-/m0/s1. The number of hydrogen-bond acceptors (Lipinski definition) is 4. The smallest absolute Gasteiger partial charge is 0.264 e. The highest BCUT2D eigenvalue weighted by Gasteiger charge is 2.34. The first-order valence-electron chi connectivity index (χ1n) is 13.9. The zero-order valence-electron chi connectivity index (χ0n) is 23.7. The first-order chi connectivity index (χ1) is 20.7. The summed E-state index contributed by atoms with van der Waals surface area (Å²) in [4.78, 5) is 29.3. The third kappa shape index (κ3) is 8.52.